The Bertz CT molecular complexity index is 773. The fraction of sp³-hybridized carbons (Fsp3) is 0.125. The number of benzene rings is 1. The minimum absolute atomic E-state index is 0.231. The van der Waals surface area contributed by atoms with E-state index < -0.39 is 17.7 Å². The molecule has 23 heavy (non-hydrogen) atoms. The van der Waals surface area contributed by atoms with Crippen molar-refractivity contribution >= 4 is 34.9 Å². The minimum atomic E-state index is -1.01. The number of imide groups is 1. The normalized spacial score (nSPS) is 10.0. The molecule has 0 atom stereocenters. The van der Waals surface area contributed by atoms with E-state index in [1.807, 2.05) is 0 Å². The number of anilines is 3. The average Bonchev–Trinajstić information content (AvgIpc) is 2.47. The summed E-state index contributed by atoms with van der Waals surface area (Å²) in [4.78, 5) is 41.0. The summed E-state index contributed by atoms with van der Waals surface area (Å²) < 4.78 is 0. The number of pyridine rings is 1. The number of nitrogens with two attached hydrogens (primary N) is 1. The van der Waals surface area contributed by atoms with Crippen molar-refractivity contribution in [2.24, 2.45) is 0 Å². The lowest BCUT2D eigenvalue weighted by atomic mass is 10.2. The third-order valence-corrected chi connectivity index (χ3v) is 2.97. The zero-order valence-corrected chi connectivity index (χ0v) is 12.7. The highest BCUT2D eigenvalue weighted by atomic mass is 16.2. The molecule has 7 heteroatoms. The van der Waals surface area contributed by atoms with Gasteiger partial charge in [0.05, 0.1) is 5.69 Å². The van der Waals surface area contributed by atoms with Crippen molar-refractivity contribution in [3.8, 4) is 0 Å². The number of aryl methyl sites for hydroxylation is 1. The first-order valence-electron chi connectivity index (χ1n) is 6.83. The first kappa shape index (κ1) is 16.2. The molecule has 0 aliphatic carbocycles. The summed E-state index contributed by atoms with van der Waals surface area (Å²) in [6.45, 7) is 2.95. The van der Waals surface area contributed by atoms with E-state index in [1.165, 1.54) is 19.1 Å². The molecule has 0 spiro atoms. The van der Waals surface area contributed by atoms with Crippen LogP contribution in [0.1, 0.15) is 12.6 Å². The molecule has 7 nitrogen and oxygen atoms in total. The Hall–Kier alpha value is -3.22. The first-order valence-corrected chi connectivity index (χ1v) is 6.83. The Morgan fingerprint density at radius 1 is 1.13 bits per heavy atom. The monoisotopic (exact) mass is 312 g/mol. The number of hydrogen-bond acceptors (Lipinski definition) is 5. The van der Waals surface area contributed by atoms with Gasteiger partial charge in [-0.3, -0.25) is 14.4 Å². The summed E-state index contributed by atoms with van der Waals surface area (Å²) in [5.41, 5.74) is 6.95. The fourth-order valence-corrected chi connectivity index (χ4v) is 1.99. The second-order valence-corrected chi connectivity index (χ2v) is 4.87. The molecule has 1 aromatic heterocycles. The van der Waals surface area contributed by atoms with E-state index in [1.54, 1.807) is 37.3 Å². The molecule has 0 saturated carbocycles. The van der Waals surface area contributed by atoms with Crippen molar-refractivity contribution in [3.05, 3.63) is 48.2 Å². The summed E-state index contributed by atoms with van der Waals surface area (Å²) in [6.07, 6.45) is 0. The molecule has 1 heterocycles. The Balaban J connectivity index is 2.24. The molecule has 3 N–H and O–H groups in total. The molecule has 3 amide bonds. The molecule has 0 radical (unpaired) electrons. The van der Waals surface area contributed by atoms with Crippen molar-refractivity contribution < 1.29 is 14.4 Å². The lowest BCUT2D eigenvalue weighted by Crippen LogP contribution is -2.42. The number of carbonyl (C=O) groups excluding carboxylic acids is 3. The molecule has 1 aromatic carbocycles. The van der Waals surface area contributed by atoms with Gasteiger partial charge in [-0.15, -0.1) is 0 Å². The molecule has 0 aliphatic heterocycles. The Morgan fingerprint density at radius 2 is 1.83 bits per heavy atom. The summed E-state index contributed by atoms with van der Waals surface area (Å²) in [7, 11) is 0. The SMILES string of the molecule is CC(=O)N(C(=O)C(=O)Nc1cccc(C)n1)c1cccc(N)c1. The number of hydrogen-bond donors (Lipinski definition) is 2. The molecule has 118 valence electrons. The highest BCUT2D eigenvalue weighted by Crippen LogP contribution is 2.18. The number of nitrogens with zero attached hydrogens (tertiary/aromatic N) is 2. The summed E-state index contributed by atoms with van der Waals surface area (Å²) in [5, 5.41) is 2.38. The van der Waals surface area contributed by atoms with Gasteiger partial charge in [-0.25, -0.2) is 9.88 Å². The van der Waals surface area contributed by atoms with Crippen LogP contribution in [-0.2, 0) is 14.4 Å². The molecule has 2 rings (SSSR count). The highest BCUT2D eigenvalue weighted by molar-refractivity contribution is 6.48. The zero-order chi connectivity index (χ0) is 17.0. The maximum absolute atomic E-state index is 12.3. The second kappa shape index (κ2) is 6.69. The Morgan fingerprint density at radius 3 is 2.43 bits per heavy atom. The number of amides is 3. The van der Waals surface area contributed by atoms with E-state index in [2.05, 4.69) is 10.3 Å². The molecule has 0 aliphatic rings. The van der Waals surface area contributed by atoms with Gasteiger partial charge in [-0.1, -0.05) is 12.1 Å². The number of nitrogens with one attached hydrogen (secondary N) is 1. The van der Waals surface area contributed by atoms with Gasteiger partial charge in [0.1, 0.15) is 5.82 Å². The van der Waals surface area contributed by atoms with Crippen molar-refractivity contribution in [1.82, 2.24) is 4.98 Å². The fourth-order valence-electron chi connectivity index (χ4n) is 1.99. The van der Waals surface area contributed by atoms with Crippen LogP contribution in [0.15, 0.2) is 42.5 Å². The van der Waals surface area contributed by atoms with Crippen LogP contribution in [0.2, 0.25) is 0 Å². The van der Waals surface area contributed by atoms with Crippen LogP contribution in [0.3, 0.4) is 0 Å². The first-order chi connectivity index (χ1) is 10.9. The zero-order valence-electron chi connectivity index (χ0n) is 12.7. The predicted molar refractivity (Wildman–Crippen MR) is 86.6 cm³/mol. The van der Waals surface area contributed by atoms with E-state index in [0.717, 1.165) is 4.90 Å². The topological polar surface area (TPSA) is 105 Å². The second-order valence-electron chi connectivity index (χ2n) is 4.87. The molecule has 0 saturated heterocycles. The van der Waals surface area contributed by atoms with Gasteiger partial charge in [0.25, 0.3) is 0 Å². The third kappa shape index (κ3) is 3.91. The summed E-state index contributed by atoms with van der Waals surface area (Å²) >= 11 is 0. The lowest BCUT2D eigenvalue weighted by molar-refractivity contribution is -0.136. The van der Waals surface area contributed by atoms with Gasteiger partial charge in [-0.2, -0.15) is 0 Å². The molecule has 0 bridgehead atoms. The van der Waals surface area contributed by atoms with Crippen LogP contribution in [0.25, 0.3) is 0 Å². The van der Waals surface area contributed by atoms with E-state index >= 15 is 0 Å². The van der Waals surface area contributed by atoms with Crippen LogP contribution in [-0.4, -0.2) is 22.7 Å². The van der Waals surface area contributed by atoms with Gasteiger partial charge in [-0.05, 0) is 37.3 Å². The molecular formula is C16H16N4O3. The smallest absolute Gasteiger partial charge is 0.323 e. The largest absolute Gasteiger partial charge is 0.399 e. The van der Waals surface area contributed by atoms with Crippen molar-refractivity contribution in [2.45, 2.75) is 13.8 Å². The number of rotatable bonds is 2. The number of carbonyl (C=O) groups is 3. The van der Waals surface area contributed by atoms with E-state index in [4.69, 9.17) is 5.73 Å². The number of nitrogen functional groups attached to an aromatic ring is 1. The summed E-state index contributed by atoms with van der Waals surface area (Å²) in [6, 6.07) is 11.2. The standard InChI is InChI=1S/C16H16N4O3/c1-10-5-3-8-14(18-10)19-15(22)16(23)20(11(2)21)13-7-4-6-12(17)9-13/h3-9H,17H2,1-2H3,(H,18,19,22). The highest BCUT2D eigenvalue weighted by Gasteiger charge is 2.27. The van der Waals surface area contributed by atoms with Crippen LogP contribution in [0.5, 0.6) is 0 Å². The van der Waals surface area contributed by atoms with Crippen LogP contribution < -0.4 is 16.0 Å². The average molecular weight is 312 g/mol. The molecule has 0 fully saturated rings. The Kier molecular flexibility index (Phi) is 4.70. The van der Waals surface area contributed by atoms with Crippen molar-refractivity contribution in [2.75, 3.05) is 16.0 Å². The maximum atomic E-state index is 12.3. The van der Waals surface area contributed by atoms with Gasteiger partial charge in [0, 0.05) is 18.3 Å². The maximum Gasteiger partial charge on any atom is 0.323 e. The van der Waals surface area contributed by atoms with Gasteiger partial charge >= 0.3 is 11.8 Å². The van der Waals surface area contributed by atoms with E-state index in [9.17, 15) is 14.4 Å². The van der Waals surface area contributed by atoms with Gasteiger partial charge in [0.2, 0.25) is 5.91 Å². The van der Waals surface area contributed by atoms with Crippen molar-refractivity contribution in [3.63, 3.8) is 0 Å². The third-order valence-electron chi connectivity index (χ3n) is 2.97. The van der Waals surface area contributed by atoms with Gasteiger partial charge in [0.15, 0.2) is 0 Å². The van der Waals surface area contributed by atoms with Crippen LogP contribution in [0, 0.1) is 6.92 Å². The van der Waals surface area contributed by atoms with Crippen molar-refractivity contribution in [1.29, 1.82) is 0 Å². The Labute approximate surface area is 133 Å². The number of aromatic nitrogens is 1. The van der Waals surface area contributed by atoms with Crippen LogP contribution >= 0.6 is 0 Å². The quantitative estimate of drug-likeness (QED) is 0.645. The molecule has 2 aromatic rings. The molecule has 0 unspecified atom stereocenters. The van der Waals surface area contributed by atoms with E-state index in [0.29, 0.717) is 11.4 Å². The van der Waals surface area contributed by atoms with Gasteiger partial charge < -0.3 is 11.1 Å². The molecular weight excluding hydrogens is 296 g/mol. The van der Waals surface area contributed by atoms with Crippen LogP contribution in [0.4, 0.5) is 17.2 Å². The lowest BCUT2D eigenvalue weighted by Gasteiger charge is -2.18. The van der Waals surface area contributed by atoms with E-state index in [-0.39, 0.29) is 11.5 Å². The summed E-state index contributed by atoms with van der Waals surface area (Å²) in [5.74, 6) is -2.32. The predicted octanol–water partition coefficient (Wildman–Crippen LogP) is 1.49. The minimum Gasteiger partial charge on any atom is -0.399 e.